The Morgan fingerprint density at radius 1 is 1.04 bits per heavy atom. The van der Waals surface area contributed by atoms with Crippen molar-refractivity contribution >= 4 is 39.8 Å². The number of guanidine groups is 1. The molecule has 2 aromatic carbocycles. The number of ether oxygens (including phenoxy) is 1. The first-order valence-electron chi connectivity index (χ1n) is 8.84. The van der Waals surface area contributed by atoms with Crippen molar-refractivity contribution in [3.05, 3.63) is 65.7 Å². The highest BCUT2D eigenvalue weighted by Crippen LogP contribution is 2.12. The molecular formula is C20H28IN3O3S. The predicted octanol–water partition coefficient (Wildman–Crippen LogP) is 2.98. The summed E-state index contributed by atoms with van der Waals surface area (Å²) in [6, 6.07) is 17.0. The molecule has 0 saturated carbocycles. The van der Waals surface area contributed by atoms with Crippen molar-refractivity contribution in [1.82, 2.24) is 10.6 Å². The van der Waals surface area contributed by atoms with E-state index < -0.39 is 9.84 Å². The molecule has 28 heavy (non-hydrogen) atoms. The van der Waals surface area contributed by atoms with Gasteiger partial charge in [0.1, 0.15) is 5.75 Å². The SMILES string of the molecule is CN=C(NCCCS(=O)(=O)Cc1ccccc1)NCc1cccc(OC)c1.I. The van der Waals surface area contributed by atoms with Gasteiger partial charge in [0.25, 0.3) is 0 Å². The molecule has 2 aromatic rings. The molecule has 6 nitrogen and oxygen atoms in total. The molecule has 0 aromatic heterocycles. The van der Waals surface area contributed by atoms with Crippen molar-refractivity contribution in [3.8, 4) is 5.75 Å². The van der Waals surface area contributed by atoms with E-state index in [-0.39, 0.29) is 35.5 Å². The summed E-state index contributed by atoms with van der Waals surface area (Å²) in [7, 11) is 0.209. The van der Waals surface area contributed by atoms with Gasteiger partial charge in [-0.05, 0) is 29.7 Å². The third-order valence-electron chi connectivity index (χ3n) is 3.97. The summed E-state index contributed by atoms with van der Waals surface area (Å²) in [5.41, 5.74) is 1.89. The van der Waals surface area contributed by atoms with Gasteiger partial charge in [0.05, 0.1) is 18.6 Å². The van der Waals surface area contributed by atoms with Gasteiger partial charge >= 0.3 is 0 Å². The van der Waals surface area contributed by atoms with E-state index in [4.69, 9.17) is 4.74 Å². The Bertz CT molecular complexity index is 843. The normalized spacial score (nSPS) is 11.4. The van der Waals surface area contributed by atoms with E-state index in [2.05, 4.69) is 15.6 Å². The van der Waals surface area contributed by atoms with E-state index in [1.807, 2.05) is 54.6 Å². The Hall–Kier alpha value is -1.81. The van der Waals surface area contributed by atoms with Crippen LogP contribution in [0.15, 0.2) is 59.6 Å². The molecule has 2 N–H and O–H groups in total. The quantitative estimate of drug-likeness (QED) is 0.232. The second kappa shape index (κ2) is 12.6. The molecule has 0 bridgehead atoms. The van der Waals surface area contributed by atoms with Crippen LogP contribution in [0, 0.1) is 0 Å². The van der Waals surface area contributed by atoms with Gasteiger partial charge in [-0.3, -0.25) is 4.99 Å². The van der Waals surface area contributed by atoms with Crippen molar-refractivity contribution in [2.45, 2.75) is 18.7 Å². The zero-order valence-electron chi connectivity index (χ0n) is 16.2. The number of rotatable bonds is 9. The average molecular weight is 517 g/mol. The number of benzene rings is 2. The maximum Gasteiger partial charge on any atom is 0.191 e. The van der Waals surface area contributed by atoms with Gasteiger partial charge < -0.3 is 15.4 Å². The Balaban J connectivity index is 0.00000392. The molecule has 0 heterocycles. The van der Waals surface area contributed by atoms with Crippen LogP contribution < -0.4 is 15.4 Å². The van der Waals surface area contributed by atoms with Gasteiger partial charge in [-0.1, -0.05) is 42.5 Å². The summed E-state index contributed by atoms with van der Waals surface area (Å²) < 4.78 is 29.6. The van der Waals surface area contributed by atoms with Crippen molar-refractivity contribution in [3.63, 3.8) is 0 Å². The number of hydrogen-bond acceptors (Lipinski definition) is 4. The van der Waals surface area contributed by atoms with Gasteiger partial charge in [-0.25, -0.2) is 8.42 Å². The Morgan fingerprint density at radius 2 is 1.75 bits per heavy atom. The molecule has 0 amide bonds. The van der Waals surface area contributed by atoms with Crippen LogP contribution >= 0.6 is 24.0 Å². The summed E-state index contributed by atoms with van der Waals surface area (Å²) in [4.78, 5) is 4.16. The zero-order valence-corrected chi connectivity index (χ0v) is 19.4. The van der Waals surface area contributed by atoms with Crippen LogP contribution in [0.4, 0.5) is 0 Å². The maximum absolute atomic E-state index is 12.2. The Kier molecular flexibility index (Phi) is 10.9. The maximum atomic E-state index is 12.2. The van der Waals surface area contributed by atoms with E-state index in [9.17, 15) is 8.42 Å². The van der Waals surface area contributed by atoms with Crippen LogP contribution in [0.25, 0.3) is 0 Å². The first-order valence-corrected chi connectivity index (χ1v) is 10.7. The van der Waals surface area contributed by atoms with Crippen molar-refractivity contribution in [2.75, 3.05) is 26.5 Å². The lowest BCUT2D eigenvalue weighted by Crippen LogP contribution is -2.37. The lowest BCUT2D eigenvalue weighted by molar-refractivity contribution is 0.414. The highest BCUT2D eigenvalue weighted by Gasteiger charge is 2.11. The van der Waals surface area contributed by atoms with E-state index in [0.29, 0.717) is 25.5 Å². The van der Waals surface area contributed by atoms with E-state index in [1.165, 1.54) is 0 Å². The molecule has 154 valence electrons. The fraction of sp³-hybridized carbons (Fsp3) is 0.350. The van der Waals surface area contributed by atoms with E-state index in [1.54, 1.807) is 14.2 Å². The monoisotopic (exact) mass is 517 g/mol. The number of methoxy groups -OCH3 is 1. The van der Waals surface area contributed by atoms with Crippen molar-refractivity contribution in [2.24, 2.45) is 4.99 Å². The summed E-state index contributed by atoms with van der Waals surface area (Å²) in [5.74, 6) is 1.66. The fourth-order valence-electron chi connectivity index (χ4n) is 2.59. The predicted molar refractivity (Wildman–Crippen MR) is 125 cm³/mol. The zero-order chi connectivity index (χ0) is 19.5. The Labute approximate surface area is 184 Å². The molecule has 0 unspecified atom stereocenters. The number of sulfone groups is 1. The minimum Gasteiger partial charge on any atom is -0.497 e. The second-order valence-electron chi connectivity index (χ2n) is 6.14. The minimum atomic E-state index is -3.12. The highest BCUT2D eigenvalue weighted by atomic mass is 127. The summed E-state index contributed by atoms with van der Waals surface area (Å²) in [6.07, 6.45) is 0.523. The molecule has 0 spiro atoms. The molecule has 0 atom stereocenters. The Morgan fingerprint density at radius 3 is 2.43 bits per heavy atom. The smallest absolute Gasteiger partial charge is 0.191 e. The molecule has 0 aliphatic rings. The topological polar surface area (TPSA) is 79.8 Å². The number of nitrogens with one attached hydrogen (secondary N) is 2. The molecule has 0 fully saturated rings. The van der Waals surface area contributed by atoms with Gasteiger partial charge in [-0.15, -0.1) is 24.0 Å². The van der Waals surface area contributed by atoms with Crippen LogP contribution in [0.3, 0.4) is 0 Å². The summed E-state index contributed by atoms with van der Waals surface area (Å²) >= 11 is 0. The van der Waals surface area contributed by atoms with Gasteiger partial charge in [0.2, 0.25) is 0 Å². The van der Waals surface area contributed by atoms with Gasteiger partial charge in [0, 0.05) is 20.1 Å². The molecule has 0 aliphatic heterocycles. The van der Waals surface area contributed by atoms with Gasteiger partial charge in [0.15, 0.2) is 15.8 Å². The molecular weight excluding hydrogens is 489 g/mol. The largest absolute Gasteiger partial charge is 0.497 e. The van der Waals surface area contributed by atoms with Crippen molar-refractivity contribution < 1.29 is 13.2 Å². The summed E-state index contributed by atoms with van der Waals surface area (Å²) in [5, 5.41) is 6.36. The lowest BCUT2D eigenvalue weighted by atomic mass is 10.2. The molecule has 8 heteroatoms. The molecule has 0 radical (unpaired) electrons. The molecule has 0 aliphatic carbocycles. The average Bonchev–Trinajstić information content (AvgIpc) is 2.68. The molecule has 0 saturated heterocycles. The van der Waals surface area contributed by atoms with Crippen LogP contribution in [0.1, 0.15) is 17.5 Å². The minimum absolute atomic E-state index is 0. The van der Waals surface area contributed by atoms with E-state index in [0.717, 1.165) is 16.9 Å². The number of hydrogen-bond donors (Lipinski definition) is 2. The van der Waals surface area contributed by atoms with Crippen LogP contribution in [0.2, 0.25) is 0 Å². The number of nitrogens with zero attached hydrogens (tertiary/aromatic N) is 1. The van der Waals surface area contributed by atoms with Crippen LogP contribution in [0.5, 0.6) is 5.75 Å². The second-order valence-corrected chi connectivity index (χ2v) is 8.32. The lowest BCUT2D eigenvalue weighted by Gasteiger charge is -2.12. The third-order valence-corrected chi connectivity index (χ3v) is 5.66. The summed E-state index contributed by atoms with van der Waals surface area (Å²) in [6.45, 7) is 1.13. The van der Waals surface area contributed by atoms with E-state index >= 15 is 0 Å². The van der Waals surface area contributed by atoms with Gasteiger partial charge in [-0.2, -0.15) is 0 Å². The number of halogens is 1. The van der Waals surface area contributed by atoms with Crippen LogP contribution in [-0.2, 0) is 22.1 Å². The first kappa shape index (κ1) is 24.2. The first-order chi connectivity index (χ1) is 13.0. The van der Waals surface area contributed by atoms with Crippen molar-refractivity contribution in [1.29, 1.82) is 0 Å². The standard InChI is InChI=1S/C20H27N3O3S.HI/c1-21-20(23-15-18-10-6-11-19(14-18)26-2)22-12-7-13-27(24,25)16-17-8-4-3-5-9-17;/h3-6,8-11,14H,7,12-13,15-16H2,1-2H3,(H2,21,22,23);1H. The highest BCUT2D eigenvalue weighted by molar-refractivity contribution is 14.0. The number of aliphatic imine (C=N–C) groups is 1. The third kappa shape index (κ3) is 8.92. The van der Waals surface area contributed by atoms with Crippen LogP contribution in [-0.4, -0.2) is 40.8 Å². The fourth-order valence-corrected chi connectivity index (χ4v) is 4.02. The molecule has 2 rings (SSSR count).